The summed E-state index contributed by atoms with van der Waals surface area (Å²) in [6, 6.07) is 9.14. The summed E-state index contributed by atoms with van der Waals surface area (Å²) in [5.74, 6) is 0. The molecule has 0 radical (unpaired) electrons. The topological polar surface area (TPSA) is 38.5 Å². The Bertz CT molecular complexity index is 384. The van der Waals surface area contributed by atoms with Crippen molar-refractivity contribution in [2.75, 3.05) is 26.7 Å². The largest absolute Gasteiger partial charge is 0.377 e. The standard InChI is InChI=1S/C17H28N2O/c1-3-14-7-9-15(10-8-14)17(12-18)19(2)13-16-6-4-5-11-20-16/h7-10,16-17H,3-6,11-13,18H2,1-2H3. The van der Waals surface area contributed by atoms with Gasteiger partial charge >= 0.3 is 0 Å². The number of likely N-dealkylation sites (N-methyl/N-ethyl adjacent to an activating group) is 1. The van der Waals surface area contributed by atoms with Crippen LogP contribution in [0.3, 0.4) is 0 Å². The van der Waals surface area contributed by atoms with Crippen molar-refractivity contribution in [3.8, 4) is 0 Å². The van der Waals surface area contributed by atoms with E-state index in [1.54, 1.807) is 0 Å². The minimum absolute atomic E-state index is 0.284. The van der Waals surface area contributed by atoms with Crippen molar-refractivity contribution >= 4 is 0 Å². The van der Waals surface area contributed by atoms with Crippen LogP contribution in [0.2, 0.25) is 0 Å². The van der Waals surface area contributed by atoms with Gasteiger partial charge in [-0.1, -0.05) is 31.2 Å². The minimum Gasteiger partial charge on any atom is -0.377 e. The van der Waals surface area contributed by atoms with Crippen LogP contribution in [0, 0.1) is 0 Å². The fourth-order valence-electron chi connectivity index (χ4n) is 2.95. The van der Waals surface area contributed by atoms with E-state index >= 15 is 0 Å². The first kappa shape index (κ1) is 15.5. The Balaban J connectivity index is 1.98. The van der Waals surface area contributed by atoms with Gasteiger partial charge in [-0.3, -0.25) is 4.90 Å². The third-order valence-corrected chi connectivity index (χ3v) is 4.29. The van der Waals surface area contributed by atoms with Crippen LogP contribution in [0.25, 0.3) is 0 Å². The predicted octanol–water partition coefficient (Wildman–Crippen LogP) is 2.75. The van der Waals surface area contributed by atoms with Crippen molar-refractivity contribution in [1.82, 2.24) is 4.90 Å². The van der Waals surface area contributed by atoms with Crippen molar-refractivity contribution in [2.24, 2.45) is 5.73 Å². The number of nitrogens with two attached hydrogens (primary N) is 1. The summed E-state index contributed by atoms with van der Waals surface area (Å²) >= 11 is 0. The highest BCUT2D eigenvalue weighted by atomic mass is 16.5. The fourth-order valence-corrected chi connectivity index (χ4v) is 2.95. The number of aryl methyl sites for hydroxylation is 1. The average Bonchev–Trinajstić information content (AvgIpc) is 2.49. The molecule has 0 aliphatic carbocycles. The summed E-state index contributed by atoms with van der Waals surface area (Å²) in [6.07, 6.45) is 5.13. The van der Waals surface area contributed by atoms with Gasteiger partial charge in [-0.05, 0) is 43.9 Å². The number of hydrogen-bond acceptors (Lipinski definition) is 3. The van der Waals surface area contributed by atoms with Gasteiger partial charge in [0.05, 0.1) is 6.10 Å². The van der Waals surface area contributed by atoms with Crippen molar-refractivity contribution < 1.29 is 4.74 Å². The minimum atomic E-state index is 0.284. The molecule has 2 unspecified atom stereocenters. The lowest BCUT2D eigenvalue weighted by Crippen LogP contribution is -2.38. The Morgan fingerprint density at radius 2 is 2.05 bits per heavy atom. The summed E-state index contributed by atoms with van der Waals surface area (Å²) < 4.78 is 5.83. The Labute approximate surface area is 123 Å². The van der Waals surface area contributed by atoms with Gasteiger partial charge < -0.3 is 10.5 Å². The molecule has 1 aliphatic rings. The molecule has 1 fully saturated rings. The van der Waals surface area contributed by atoms with Crippen LogP contribution in [0.4, 0.5) is 0 Å². The van der Waals surface area contributed by atoms with E-state index in [1.807, 2.05) is 0 Å². The van der Waals surface area contributed by atoms with Crippen LogP contribution in [-0.2, 0) is 11.2 Å². The molecule has 3 nitrogen and oxygen atoms in total. The van der Waals surface area contributed by atoms with Gasteiger partial charge in [-0.2, -0.15) is 0 Å². The molecule has 2 rings (SSSR count). The summed E-state index contributed by atoms with van der Waals surface area (Å²) in [7, 11) is 2.16. The van der Waals surface area contributed by atoms with Gasteiger partial charge in [0.15, 0.2) is 0 Å². The van der Waals surface area contributed by atoms with E-state index in [0.29, 0.717) is 12.6 Å². The van der Waals surface area contributed by atoms with E-state index in [9.17, 15) is 0 Å². The number of hydrogen-bond donors (Lipinski definition) is 1. The van der Waals surface area contributed by atoms with Crippen molar-refractivity contribution in [2.45, 2.75) is 44.8 Å². The van der Waals surface area contributed by atoms with Crippen LogP contribution in [-0.4, -0.2) is 37.7 Å². The third kappa shape index (κ3) is 4.05. The van der Waals surface area contributed by atoms with Crippen molar-refractivity contribution in [3.05, 3.63) is 35.4 Å². The second kappa shape index (κ2) is 7.77. The quantitative estimate of drug-likeness (QED) is 0.868. The molecule has 1 aromatic rings. The highest BCUT2D eigenvalue weighted by Gasteiger charge is 2.21. The number of nitrogens with zero attached hydrogens (tertiary/aromatic N) is 1. The highest BCUT2D eigenvalue weighted by Crippen LogP contribution is 2.22. The molecule has 0 aromatic heterocycles. The van der Waals surface area contributed by atoms with Crippen molar-refractivity contribution in [1.29, 1.82) is 0 Å². The van der Waals surface area contributed by atoms with Gasteiger partial charge in [-0.15, -0.1) is 0 Å². The van der Waals surface area contributed by atoms with Crippen LogP contribution in [0.1, 0.15) is 43.4 Å². The Morgan fingerprint density at radius 1 is 1.30 bits per heavy atom. The van der Waals surface area contributed by atoms with E-state index in [1.165, 1.54) is 30.4 Å². The fraction of sp³-hybridized carbons (Fsp3) is 0.647. The normalized spacial score (nSPS) is 21.1. The second-order valence-corrected chi connectivity index (χ2v) is 5.77. The lowest BCUT2D eigenvalue weighted by molar-refractivity contribution is -0.00777. The van der Waals surface area contributed by atoms with Gasteiger partial charge in [0.1, 0.15) is 0 Å². The maximum absolute atomic E-state index is 6.00. The predicted molar refractivity (Wildman–Crippen MR) is 83.8 cm³/mol. The third-order valence-electron chi connectivity index (χ3n) is 4.29. The Kier molecular flexibility index (Phi) is 6.02. The van der Waals surface area contributed by atoms with Gasteiger partial charge in [0.2, 0.25) is 0 Å². The Hall–Kier alpha value is -0.900. The number of rotatable bonds is 6. The molecule has 1 aliphatic heterocycles. The zero-order valence-electron chi connectivity index (χ0n) is 12.8. The lowest BCUT2D eigenvalue weighted by atomic mass is 10.0. The first-order chi connectivity index (χ1) is 9.74. The first-order valence-corrected chi connectivity index (χ1v) is 7.85. The summed E-state index contributed by atoms with van der Waals surface area (Å²) in [5.41, 5.74) is 8.68. The molecule has 1 heterocycles. The molecule has 1 saturated heterocycles. The second-order valence-electron chi connectivity index (χ2n) is 5.77. The highest BCUT2D eigenvalue weighted by molar-refractivity contribution is 5.25. The van der Waals surface area contributed by atoms with E-state index in [2.05, 4.69) is 43.1 Å². The van der Waals surface area contributed by atoms with E-state index in [-0.39, 0.29) is 6.04 Å². The molecule has 0 saturated carbocycles. The number of ether oxygens (including phenoxy) is 1. The average molecular weight is 276 g/mol. The van der Waals surface area contributed by atoms with Gasteiger partial charge in [-0.25, -0.2) is 0 Å². The van der Waals surface area contributed by atoms with Crippen molar-refractivity contribution in [3.63, 3.8) is 0 Å². The van der Waals surface area contributed by atoms with Crippen LogP contribution < -0.4 is 5.73 Å². The molecule has 112 valence electrons. The van der Waals surface area contributed by atoms with E-state index in [4.69, 9.17) is 10.5 Å². The van der Waals surface area contributed by atoms with Crippen LogP contribution in [0.15, 0.2) is 24.3 Å². The maximum Gasteiger partial charge on any atom is 0.0702 e. The van der Waals surface area contributed by atoms with E-state index < -0.39 is 0 Å². The zero-order chi connectivity index (χ0) is 14.4. The lowest BCUT2D eigenvalue weighted by Gasteiger charge is -2.32. The van der Waals surface area contributed by atoms with Crippen LogP contribution >= 0.6 is 0 Å². The summed E-state index contributed by atoms with van der Waals surface area (Å²) in [4.78, 5) is 2.34. The molecule has 0 bridgehead atoms. The van der Waals surface area contributed by atoms with E-state index in [0.717, 1.165) is 19.6 Å². The molecular weight excluding hydrogens is 248 g/mol. The van der Waals surface area contributed by atoms with Gasteiger partial charge in [0, 0.05) is 25.7 Å². The zero-order valence-corrected chi connectivity index (χ0v) is 12.8. The molecule has 3 heteroatoms. The smallest absolute Gasteiger partial charge is 0.0702 e. The number of benzene rings is 1. The molecule has 2 atom stereocenters. The molecule has 20 heavy (non-hydrogen) atoms. The first-order valence-electron chi connectivity index (χ1n) is 7.85. The van der Waals surface area contributed by atoms with Gasteiger partial charge in [0.25, 0.3) is 0 Å². The Morgan fingerprint density at radius 3 is 2.60 bits per heavy atom. The molecule has 0 amide bonds. The molecule has 2 N–H and O–H groups in total. The summed E-state index contributed by atoms with van der Waals surface area (Å²) in [5, 5.41) is 0. The monoisotopic (exact) mass is 276 g/mol. The molecular formula is C17H28N2O. The molecule has 1 aromatic carbocycles. The maximum atomic E-state index is 6.00. The molecule has 0 spiro atoms. The summed E-state index contributed by atoms with van der Waals surface area (Å²) in [6.45, 7) is 4.71. The SMILES string of the molecule is CCc1ccc(C(CN)N(C)CC2CCCCO2)cc1. The van der Waals surface area contributed by atoms with Crippen LogP contribution in [0.5, 0.6) is 0 Å².